The molecule has 0 aliphatic rings. The van der Waals surface area contributed by atoms with Crippen molar-refractivity contribution < 1.29 is 0 Å². The fourth-order valence-electron chi connectivity index (χ4n) is 3.41. The Kier molecular flexibility index (Phi) is 23.7. The maximum Gasteiger partial charge on any atom is 0.156 e. The second-order valence-electron chi connectivity index (χ2n) is 7.97. The van der Waals surface area contributed by atoms with Crippen LogP contribution in [0.2, 0.25) is 0 Å². The number of nitrogens with one attached hydrogen (secondary N) is 1. The average molecular weight is 399 g/mol. The topological polar surface area (TPSA) is 24.4 Å². The zero-order chi connectivity index (χ0) is 19.8. The molecule has 2 nitrogen and oxygen atoms in total. The summed E-state index contributed by atoms with van der Waals surface area (Å²) >= 11 is 1.75. The lowest BCUT2D eigenvalue weighted by Crippen LogP contribution is -2.21. The van der Waals surface area contributed by atoms with E-state index < -0.39 is 0 Å². The molecule has 0 rings (SSSR count). The van der Waals surface area contributed by atoms with Crippen molar-refractivity contribution >= 4 is 16.9 Å². The molecule has 0 aromatic carbocycles. The molecule has 0 bridgehead atoms. The fraction of sp³-hybridized carbons (Fsp3) is 0.958. The van der Waals surface area contributed by atoms with Crippen molar-refractivity contribution in [3.05, 3.63) is 0 Å². The predicted molar refractivity (Wildman–Crippen MR) is 128 cm³/mol. The molecule has 0 aliphatic heterocycles. The third kappa shape index (κ3) is 22.0. The smallest absolute Gasteiger partial charge is 0.156 e. The van der Waals surface area contributed by atoms with E-state index in [4.69, 9.17) is 0 Å². The minimum absolute atomic E-state index is 0.994. The first-order valence-electron chi connectivity index (χ1n) is 12.2. The van der Waals surface area contributed by atoms with Crippen LogP contribution < -0.4 is 5.32 Å². The number of thioether (sulfide) groups is 1. The molecule has 0 amide bonds. The summed E-state index contributed by atoms with van der Waals surface area (Å²) in [4.78, 5) is 4.69. The van der Waals surface area contributed by atoms with Gasteiger partial charge in [0.25, 0.3) is 0 Å². The van der Waals surface area contributed by atoms with Gasteiger partial charge in [-0.3, -0.25) is 4.99 Å². The van der Waals surface area contributed by atoms with Crippen molar-refractivity contribution in [3.63, 3.8) is 0 Å². The van der Waals surface area contributed by atoms with Crippen LogP contribution in [-0.4, -0.2) is 24.5 Å². The summed E-state index contributed by atoms with van der Waals surface area (Å²) in [7, 11) is 0. The first kappa shape index (κ1) is 26.8. The molecule has 0 atom stereocenters. The van der Waals surface area contributed by atoms with Crippen molar-refractivity contribution in [2.45, 2.75) is 129 Å². The van der Waals surface area contributed by atoms with Crippen LogP contribution in [-0.2, 0) is 0 Å². The lowest BCUT2D eigenvalue weighted by atomic mass is 10.0. The third-order valence-electron chi connectivity index (χ3n) is 5.27. The second kappa shape index (κ2) is 23.9. The summed E-state index contributed by atoms with van der Waals surface area (Å²) < 4.78 is 0. The maximum atomic E-state index is 4.69. The van der Waals surface area contributed by atoms with Gasteiger partial charge in [-0.25, -0.2) is 0 Å². The van der Waals surface area contributed by atoms with E-state index in [9.17, 15) is 0 Å². The van der Waals surface area contributed by atoms with Crippen LogP contribution in [0.5, 0.6) is 0 Å². The highest BCUT2D eigenvalue weighted by Crippen LogP contribution is 2.13. The van der Waals surface area contributed by atoms with Crippen molar-refractivity contribution in [2.75, 3.05) is 19.3 Å². The number of rotatable bonds is 20. The highest BCUT2D eigenvalue weighted by Gasteiger charge is 1.96. The van der Waals surface area contributed by atoms with Gasteiger partial charge in [0.2, 0.25) is 0 Å². The highest BCUT2D eigenvalue weighted by molar-refractivity contribution is 8.13. The van der Waals surface area contributed by atoms with Crippen molar-refractivity contribution in [1.29, 1.82) is 0 Å². The van der Waals surface area contributed by atoms with Crippen molar-refractivity contribution in [1.82, 2.24) is 5.32 Å². The third-order valence-corrected chi connectivity index (χ3v) is 5.93. The van der Waals surface area contributed by atoms with E-state index in [2.05, 4.69) is 30.4 Å². The fourth-order valence-corrected chi connectivity index (χ4v) is 3.87. The summed E-state index contributed by atoms with van der Waals surface area (Å²) in [6.07, 6.45) is 27.4. The number of unbranched alkanes of at least 4 members (excludes halogenated alkanes) is 16. The molecule has 3 heteroatoms. The standard InChI is InChI=1S/C24H50N2S/c1-4-6-8-9-10-11-12-13-14-15-16-17-18-19-20-21-23-26-24(27-3)25-22-7-5-2/h4-23H2,1-3H3,(H,25,26). The number of hydrogen-bond acceptors (Lipinski definition) is 2. The Morgan fingerprint density at radius 1 is 0.593 bits per heavy atom. The molecule has 0 aromatic heterocycles. The molecule has 0 fully saturated rings. The van der Waals surface area contributed by atoms with Crippen LogP contribution in [0, 0.1) is 0 Å². The molecule has 0 aliphatic carbocycles. The first-order valence-corrected chi connectivity index (χ1v) is 13.4. The maximum absolute atomic E-state index is 4.69. The minimum Gasteiger partial charge on any atom is -0.365 e. The Hall–Kier alpha value is -0.180. The summed E-state index contributed by atoms with van der Waals surface area (Å²) in [5.41, 5.74) is 0. The Bertz CT molecular complexity index is 305. The van der Waals surface area contributed by atoms with E-state index in [1.54, 1.807) is 11.8 Å². The Morgan fingerprint density at radius 3 is 1.41 bits per heavy atom. The molecule has 0 unspecified atom stereocenters. The summed E-state index contributed by atoms with van der Waals surface area (Å²) in [5, 5.41) is 4.57. The Labute approximate surface area is 176 Å². The van der Waals surface area contributed by atoms with E-state index >= 15 is 0 Å². The van der Waals surface area contributed by atoms with Gasteiger partial charge in [0.1, 0.15) is 0 Å². The van der Waals surface area contributed by atoms with Gasteiger partial charge in [0, 0.05) is 13.1 Å². The molecule has 0 saturated heterocycles. The molecule has 0 radical (unpaired) electrons. The van der Waals surface area contributed by atoms with Crippen LogP contribution in [0.3, 0.4) is 0 Å². The van der Waals surface area contributed by atoms with Gasteiger partial charge in [-0.15, -0.1) is 0 Å². The largest absolute Gasteiger partial charge is 0.365 e. The normalized spacial score (nSPS) is 11.9. The monoisotopic (exact) mass is 398 g/mol. The molecule has 0 saturated carbocycles. The van der Waals surface area contributed by atoms with Gasteiger partial charge in [0.15, 0.2) is 5.17 Å². The SMILES string of the molecule is CCCCCCCCCCCCCCCCCCN=C(NCCCC)SC. The molecule has 162 valence electrons. The van der Waals surface area contributed by atoms with Crippen molar-refractivity contribution in [3.8, 4) is 0 Å². The zero-order valence-electron chi connectivity index (χ0n) is 19.0. The Morgan fingerprint density at radius 2 is 1.00 bits per heavy atom. The Balaban J connectivity index is 3.22. The minimum atomic E-state index is 0.994. The van der Waals surface area contributed by atoms with Crippen LogP contribution in [0.1, 0.15) is 129 Å². The van der Waals surface area contributed by atoms with Gasteiger partial charge in [0.05, 0.1) is 0 Å². The number of amidine groups is 1. The van der Waals surface area contributed by atoms with Crippen LogP contribution in [0.4, 0.5) is 0 Å². The lowest BCUT2D eigenvalue weighted by Gasteiger charge is -2.06. The van der Waals surface area contributed by atoms with Crippen LogP contribution in [0.25, 0.3) is 0 Å². The highest BCUT2D eigenvalue weighted by atomic mass is 32.2. The second-order valence-corrected chi connectivity index (χ2v) is 8.77. The number of nitrogens with zero attached hydrogens (tertiary/aromatic N) is 1. The first-order chi connectivity index (χ1) is 13.3. The van der Waals surface area contributed by atoms with E-state index in [1.807, 2.05) is 0 Å². The molecular formula is C24H50N2S. The van der Waals surface area contributed by atoms with E-state index in [-0.39, 0.29) is 0 Å². The predicted octanol–water partition coefficient (Wildman–Crippen LogP) is 8.36. The molecule has 1 N–H and O–H groups in total. The molecule has 27 heavy (non-hydrogen) atoms. The van der Waals surface area contributed by atoms with Crippen LogP contribution in [0.15, 0.2) is 4.99 Å². The zero-order valence-corrected chi connectivity index (χ0v) is 19.8. The van der Waals surface area contributed by atoms with Gasteiger partial charge in [-0.2, -0.15) is 0 Å². The van der Waals surface area contributed by atoms with E-state index in [0.29, 0.717) is 0 Å². The summed E-state index contributed by atoms with van der Waals surface area (Å²) in [6.45, 7) is 6.58. The summed E-state index contributed by atoms with van der Waals surface area (Å²) in [5.74, 6) is 0. The van der Waals surface area contributed by atoms with Crippen molar-refractivity contribution in [2.24, 2.45) is 4.99 Å². The number of hydrogen-bond donors (Lipinski definition) is 1. The lowest BCUT2D eigenvalue weighted by molar-refractivity contribution is 0.530. The van der Waals surface area contributed by atoms with E-state index in [1.165, 1.54) is 116 Å². The van der Waals surface area contributed by atoms with E-state index in [0.717, 1.165) is 18.3 Å². The molecule has 0 aromatic rings. The molecular weight excluding hydrogens is 348 g/mol. The van der Waals surface area contributed by atoms with Gasteiger partial charge >= 0.3 is 0 Å². The molecule has 0 heterocycles. The van der Waals surface area contributed by atoms with Gasteiger partial charge < -0.3 is 5.32 Å². The number of aliphatic imine (C=N–C) groups is 1. The van der Waals surface area contributed by atoms with Crippen LogP contribution >= 0.6 is 11.8 Å². The van der Waals surface area contributed by atoms with Gasteiger partial charge in [-0.1, -0.05) is 128 Å². The van der Waals surface area contributed by atoms with Gasteiger partial charge in [-0.05, 0) is 19.1 Å². The molecule has 0 spiro atoms. The average Bonchev–Trinajstić information content (AvgIpc) is 2.69. The summed E-state index contributed by atoms with van der Waals surface area (Å²) in [6, 6.07) is 0. The quantitative estimate of drug-likeness (QED) is 0.126.